The van der Waals surface area contributed by atoms with Crippen molar-refractivity contribution in [3.05, 3.63) is 40.3 Å². The lowest BCUT2D eigenvalue weighted by Gasteiger charge is -2.10. The second kappa shape index (κ2) is 8.11. The molecule has 0 spiro atoms. The molecular weight excluding hydrogens is 300 g/mol. The van der Waals surface area contributed by atoms with E-state index in [1.165, 1.54) is 0 Å². The summed E-state index contributed by atoms with van der Waals surface area (Å²) in [5.41, 5.74) is 0.778. The largest absolute Gasteiger partial charge is 0.477 e. The summed E-state index contributed by atoms with van der Waals surface area (Å²) in [5, 5.41) is 6.53. The Bertz CT molecular complexity index is 707. The van der Waals surface area contributed by atoms with Gasteiger partial charge in [0.05, 0.1) is 6.61 Å². The van der Waals surface area contributed by atoms with Crippen LogP contribution in [-0.4, -0.2) is 27.3 Å². The van der Waals surface area contributed by atoms with E-state index in [4.69, 9.17) is 9.15 Å². The molecule has 2 rings (SSSR count). The monoisotopic (exact) mass is 320 g/mol. The SMILES string of the molecule is CCCCOc1ncccc1CNC(=O)Cn1nc(C)oc1=O. The van der Waals surface area contributed by atoms with Crippen LogP contribution in [0.2, 0.25) is 0 Å². The standard InChI is InChI=1S/C15H20N4O4/c1-3-4-8-22-14-12(6-5-7-16-14)9-17-13(20)10-19-15(21)23-11(2)18-19/h5-7H,3-4,8-10H2,1-2H3,(H,17,20). The maximum Gasteiger partial charge on any atom is 0.437 e. The quantitative estimate of drug-likeness (QED) is 0.729. The number of carbonyl (C=O) groups excluding carboxylic acids is 1. The van der Waals surface area contributed by atoms with Crippen molar-refractivity contribution in [2.45, 2.75) is 39.8 Å². The molecule has 8 nitrogen and oxygen atoms in total. The fraction of sp³-hybridized carbons (Fsp3) is 0.467. The molecule has 0 aliphatic rings. The molecule has 0 saturated carbocycles. The van der Waals surface area contributed by atoms with Crippen LogP contribution >= 0.6 is 0 Å². The summed E-state index contributed by atoms with van der Waals surface area (Å²) >= 11 is 0. The van der Waals surface area contributed by atoms with Crippen LogP contribution in [0.5, 0.6) is 5.88 Å². The summed E-state index contributed by atoms with van der Waals surface area (Å²) in [7, 11) is 0. The first-order chi connectivity index (χ1) is 11.1. The number of rotatable bonds is 8. The Morgan fingerprint density at radius 2 is 2.30 bits per heavy atom. The van der Waals surface area contributed by atoms with E-state index < -0.39 is 5.76 Å². The van der Waals surface area contributed by atoms with Gasteiger partial charge >= 0.3 is 5.76 Å². The number of nitrogens with zero attached hydrogens (tertiary/aromatic N) is 3. The van der Waals surface area contributed by atoms with Crippen molar-refractivity contribution in [1.29, 1.82) is 0 Å². The summed E-state index contributed by atoms with van der Waals surface area (Å²) in [4.78, 5) is 27.5. The van der Waals surface area contributed by atoms with Crippen molar-refractivity contribution < 1.29 is 13.9 Å². The molecule has 0 aliphatic carbocycles. The highest BCUT2D eigenvalue weighted by Gasteiger charge is 2.11. The molecule has 0 radical (unpaired) electrons. The van der Waals surface area contributed by atoms with Crippen molar-refractivity contribution in [2.24, 2.45) is 0 Å². The number of carbonyl (C=O) groups is 1. The lowest BCUT2D eigenvalue weighted by molar-refractivity contribution is -0.122. The topological polar surface area (TPSA) is 99.2 Å². The molecule has 0 aromatic carbocycles. The molecule has 2 heterocycles. The van der Waals surface area contributed by atoms with E-state index in [-0.39, 0.29) is 24.9 Å². The Morgan fingerprint density at radius 1 is 1.48 bits per heavy atom. The van der Waals surface area contributed by atoms with Gasteiger partial charge in [-0.1, -0.05) is 19.4 Å². The first-order valence-corrected chi connectivity index (χ1v) is 7.48. The summed E-state index contributed by atoms with van der Waals surface area (Å²) in [6, 6.07) is 3.61. The highest BCUT2D eigenvalue weighted by molar-refractivity contribution is 5.75. The Hall–Kier alpha value is -2.64. The number of amides is 1. The van der Waals surface area contributed by atoms with Crippen molar-refractivity contribution in [2.75, 3.05) is 6.61 Å². The molecule has 2 aromatic heterocycles. The number of hydrogen-bond acceptors (Lipinski definition) is 6. The van der Waals surface area contributed by atoms with Gasteiger partial charge in [0.15, 0.2) is 0 Å². The molecule has 0 bridgehead atoms. The number of pyridine rings is 1. The molecule has 124 valence electrons. The van der Waals surface area contributed by atoms with Gasteiger partial charge in [-0.15, -0.1) is 5.10 Å². The van der Waals surface area contributed by atoms with Gasteiger partial charge in [-0.3, -0.25) is 4.79 Å². The van der Waals surface area contributed by atoms with Crippen LogP contribution in [0.15, 0.2) is 27.5 Å². The van der Waals surface area contributed by atoms with E-state index in [1.54, 1.807) is 19.2 Å². The van der Waals surface area contributed by atoms with Crippen LogP contribution < -0.4 is 15.8 Å². The van der Waals surface area contributed by atoms with Crippen molar-refractivity contribution in [3.63, 3.8) is 0 Å². The molecule has 2 aromatic rings. The van der Waals surface area contributed by atoms with Gasteiger partial charge in [-0.25, -0.2) is 9.78 Å². The van der Waals surface area contributed by atoms with Gasteiger partial charge in [0.2, 0.25) is 17.7 Å². The number of hydrogen-bond donors (Lipinski definition) is 1. The first kappa shape index (κ1) is 16.7. The minimum Gasteiger partial charge on any atom is -0.477 e. The second-order valence-electron chi connectivity index (χ2n) is 4.99. The van der Waals surface area contributed by atoms with Gasteiger partial charge in [0.25, 0.3) is 0 Å². The molecule has 1 N–H and O–H groups in total. The lowest BCUT2D eigenvalue weighted by Crippen LogP contribution is -2.31. The molecule has 0 saturated heterocycles. The van der Waals surface area contributed by atoms with Gasteiger partial charge in [0.1, 0.15) is 6.54 Å². The Balaban J connectivity index is 1.91. The third-order valence-corrected chi connectivity index (χ3v) is 3.06. The number of ether oxygens (including phenoxy) is 1. The number of aryl methyl sites for hydroxylation is 1. The highest BCUT2D eigenvalue weighted by atomic mass is 16.5. The average molecular weight is 320 g/mol. The first-order valence-electron chi connectivity index (χ1n) is 7.48. The van der Waals surface area contributed by atoms with Gasteiger partial charge in [-0.2, -0.15) is 4.68 Å². The maximum atomic E-state index is 11.9. The lowest BCUT2D eigenvalue weighted by atomic mass is 10.2. The third kappa shape index (κ3) is 4.94. The van der Waals surface area contributed by atoms with Crippen molar-refractivity contribution >= 4 is 5.91 Å². The molecule has 0 atom stereocenters. The molecule has 1 amide bonds. The molecule has 23 heavy (non-hydrogen) atoms. The minimum absolute atomic E-state index is 0.192. The smallest absolute Gasteiger partial charge is 0.437 e. The van der Waals surface area contributed by atoms with Crippen LogP contribution in [0, 0.1) is 6.92 Å². The van der Waals surface area contributed by atoms with Crippen molar-refractivity contribution in [3.8, 4) is 5.88 Å². The molecule has 0 aliphatic heterocycles. The highest BCUT2D eigenvalue weighted by Crippen LogP contribution is 2.14. The minimum atomic E-state index is -0.650. The predicted molar refractivity (Wildman–Crippen MR) is 82.0 cm³/mol. The van der Waals surface area contributed by atoms with Gasteiger partial charge < -0.3 is 14.5 Å². The van der Waals surface area contributed by atoms with E-state index in [2.05, 4.69) is 22.3 Å². The van der Waals surface area contributed by atoms with E-state index in [0.717, 1.165) is 23.1 Å². The maximum absolute atomic E-state index is 11.9. The predicted octanol–water partition coefficient (Wildman–Crippen LogP) is 1.04. The summed E-state index contributed by atoms with van der Waals surface area (Å²) < 4.78 is 11.3. The molecule has 8 heteroatoms. The second-order valence-corrected chi connectivity index (χ2v) is 4.99. The summed E-state index contributed by atoms with van der Waals surface area (Å²) in [6.07, 6.45) is 3.62. The average Bonchev–Trinajstić information content (AvgIpc) is 2.84. The van der Waals surface area contributed by atoms with Gasteiger partial charge in [-0.05, 0) is 12.5 Å². The fourth-order valence-electron chi connectivity index (χ4n) is 1.90. The summed E-state index contributed by atoms with van der Waals surface area (Å²) in [5.74, 6) is -0.260. The zero-order valence-electron chi connectivity index (χ0n) is 13.2. The van der Waals surface area contributed by atoms with Crippen LogP contribution in [0.3, 0.4) is 0 Å². The van der Waals surface area contributed by atoms with Crippen LogP contribution in [-0.2, 0) is 17.9 Å². The van der Waals surface area contributed by atoms with E-state index in [1.807, 2.05) is 6.07 Å². The van der Waals surface area contributed by atoms with Gasteiger partial charge in [0, 0.05) is 25.2 Å². The molecule has 0 fully saturated rings. The zero-order valence-corrected chi connectivity index (χ0v) is 13.2. The number of aromatic nitrogens is 3. The normalized spacial score (nSPS) is 10.5. The van der Waals surface area contributed by atoms with Crippen LogP contribution in [0.1, 0.15) is 31.2 Å². The van der Waals surface area contributed by atoms with Crippen molar-refractivity contribution in [1.82, 2.24) is 20.1 Å². The fourth-order valence-corrected chi connectivity index (χ4v) is 1.90. The van der Waals surface area contributed by atoms with E-state index in [0.29, 0.717) is 12.5 Å². The van der Waals surface area contributed by atoms with E-state index in [9.17, 15) is 9.59 Å². The van der Waals surface area contributed by atoms with Crippen LogP contribution in [0.4, 0.5) is 0 Å². The van der Waals surface area contributed by atoms with E-state index >= 15 is 0 Å². The molecule has 0 unspecified atom stereocenters. The van der Waals surface area contributed by atoms with Crippen LogP contribution in [0.25, 0.3) is 0 Å². The number of unbranched alkanes of at least 4 members (excludes halogenated alkanes) is 1. The number of nitrogens with one attached hydrogen (secondary N) is 1. The summed E-state index contributed by atoms with van der Waals surface area (Å²) in [6.45, 7) is 4.28. The third-order valence-electron chi connectivity index (χ3n) is 3.06. The zero-order chi connectivity index (χ0) is 16.7. The Morgan fingerprint density at radius 3 is 3.00 bits per heavy atom. The Labute approximate surface area is 133 Å². The Kier molecular flexibility index (Phi) is 5.90. The molecular formula is C15H20N4O4.